The van der Waals surface area contributed by atoms with E-state index in [0.29, 0.717) is 6.04 Å². The molecule has 92 valence electrons. The van der Waals surface area contributed by atoms with E-state index in [2.05, 4.69) is 53.4 Å². The van der Waals surface area contributed by atoms with Crippen molar-refractivity contribution in [3.05, 3.63) is 0 Å². The molecule has 0 spiro atoms. The summed E-state index contributed by atoms with van der Waals surface area (Å²) in [5.41, 5.74) is 0. The highest BCUT2D eigenvalue weighted by molar-refractivity contribution is 4.73. The predicted octanol–water partition coefficient (Wildman–Crippen LogP) is 4.04. The maximum absolute atomic E-state index is 2.58. The molecular weight excluding hydrogens is 182 g/mol. The van der Waals surface area contributed by atoms with Gasteiger partial charge in [0.15, 0.2) is 0 Å². The predicted molar refractivity (Wildman–Crippen MR) is 70.2 cm³/mol. The molecule has 1 heteroatoms. The zero-order valence-electron chi connectivity index (χ0n) is 11.9. The molecule has 2 unspecified atom stereocenters. The topological polar surface area (TPSA) is 3.24 Å². The average molecular weight is 213 g/mol. The summed E-state index contributed by atoms with van der Waals surface area (Å²) < 4.78 is 0. The summed E-state index contributed by atoms with van der Waals surface area (Å²) >= 11 is 0. The smallest absolute Gasteiger partial charge is 0.00385 e. The summed E-state index contributed by atoms with van der Waals surface area (Å²) in [4.78, 5) is 2.58. The van der Waals surface area contributed by atoms with Gasteiger partial charge in [0, 0.05) is 12.6 Å². The zero-order valence-corrected chi connectivity index (χ0v) is 11.9. The van der Waals surface area contributed by atoms with Gasteiger partial charge in [-0.25, -0.2) is 0 Å². The molecule has 0 fully saturated rings. The van der Waals surface area contributed by atoms with Gasteiger partial charge < -0.3 is 4.90 Å². The third kappa shape index (κ3) is 5.01. The van der Waals surface area contributed by atoms with E-state index in [9.17, 15) is 0 Å². The minimum absolute atomic E-state index is 0.683. The molecule has 0 aliphatic rings. The van der Waals surface area contributed by atoms with E-state index in [1.165, 1.54) is 19.5 Å². The van der Waals surface area contributed by atoms with E-state index >= 15 is 0 Å². The van der Waals surface area contributed by atoms with Gasteiger partial charge in [0.2, 0.25) is 0 Å². The van der Waals surface area contributed by atoms with Crippen LogP contribution in [0.2, 0.25) is 0 Å². The number of nitrogens with zero attached hydrogens (tertiary/aromatic N) is 1. The second-order valence-corrected chi connectivity index (χ2v) is 5.47. The van der Waals surface area contributed by atoms with Crippen LogP contribution < -0.4 is 0 Å². The molecule has 0 aliphatic heterocycles. The molecule has 0 rings (SSSR count). The SMILES string of the molecule is CCC(C(C)C)C(C)CN(CC)C(C)C. The van der Waals surface area contributed by atoms with Crippen molar-refractivity contribution in [1.29, 1.82) is 0 Å². The number of hydrogen-bond donors (Lipinski definition) is 0. The van der Waals surface area contributed by atoms with Gasteiger partial charge in [-0.1, -0.05) is 41.0 Å². The highest BCUT2D eigenvalue weighted by atomic mass is 15.1. The van der Waals surface area contributed by atoms with Crippen LogP contribution in [0.4, 0.5) is 0 Å². The van der Waals surface area contributed by atoms with Crippen LogP contribution in [0, 0.1) is 17.8 Å². The van der Waals surface area contributed by atoms with Gasteiger partial charge in [-0.2, -0.15) is 0 Å². The first-order valence-electron chi connectivity index (χ1n) is 6.67. The standard InChI is InChI=1S/C14H31N/c1-8-14(11(3)4)13(7)10-15(9-2)12(5)6/h11-14H,8-10H2,1-7H3. The average Bonchev–Trinajstić information content (AvgIpc) is 2.14. The van der Waals surface area contributed by atoms with E-state index in [-0.39, 0.29) is 0 Å². The molecule has 0 aromatic rings. The fourth-order valence-electron chi connectivity index (χ4n) is 2.74. The molecule has 0 amide bonds. The minimum Gasteiger partial charge on any atom is -0.301 e. The van der Waals surface area contributed by atoms with E-state index in [1.807, 2.05) is 0 Å². The van der Waals surface area contributed by atoms with Crippen LogP contribution in [0.1, 0.15) is 54.9 Å². The Morgan fingerprint density at radius 3 is 1.73 bits per heavy atom. The third-order valence-corrected chi connectivity index (χ3v) is 3.72. The minimum atomic E-state index is 0.683. The van der Waals surface area contributed by atoms with Crippen LogP contribution >= 0.6 is 0 Å². The number of hydrogen-bond acceptors (Lipinski definition) is 1. The van der Waals surface area contributed by atoms with Crippen LogP contribution in [-0.4, -0.2) is 24.0 Å². The molecule has 0 radical (unpaired) electrons. The Labute approximate surface area is 97.2 Å². The van der Waals surface area contributed by atoms with Crippen LogP contribution in [0.3, 0.4) is 0 Å². The first-order valence-corrected chi connectivity index (χ1v) is 6.67. The lowest BCUT2D eigenvalue weighted by molar-refractivity contribution is 0.149. The van der Waals surface area contributed by atoms with Gasteiger partial charge >= 0.3 is 0 Å². The maximum Gasteiger partial charge on any atom is 0.00385 e. The quantitative estimate of drug-likeness (QED) is 0.617. The lowest BCUT2D eigenvalue weighted by atomic mass is 9.82. The largest absolute Gasteiger partial charge is 0.301 e. The van der Waals surface area contributed by atoms with Crippen molar-refractivity contribution in [2.75, 3.05) is 13.1 Å². The maximum atomic E-state index is 2.58. The molecule has 0 aromatic heterocycles. The van der Waals surface area contributed by atoms with Crippen molar-refractivity contribution in [3.8, 4) is 0 Å². The van der Waals surface area contributed by atoms with Crippen molar-refractivity contribution < 1.29 is 0 Å². The summed E-state index contributed by atoms with van der Waals surface area (Å²) in [7, 11) is 0. The Balaban J connectivity index is 4.24. The van der Waals surface area contributed by atoms with E-state index in [4.69, 9.17) is 0 Å². The van der Waals surface area contributed by atoms with E-state index < -0.39 is 0 Å². The van der Waals surface area contributed by atoms with Gasteiger partial charge in [0.1, 0.15) is 0 Å². The van der Waals surface area contributed by atoms with Gasteiger partial charge in [0.05, 0.1) is 0 Å². The highest BCUT2D eigenvalue weighted by Crippen LogP contribution is 2.25. The highest BCUT2D eigenvalue weighted by Gasteiger charge is 2.21. The normalized spacial score (nSPS) is 16.4. The van der Waals surface area contributed by atoms with Gasteiger partial charge in [-0.15, -0.1) is 0 Å². The van der Waals surface area contributed by atoms with Crippen molar-refractivity contribution >= 4 is 0 Å². The first-order chi connectivity index (χ1) is 6.93. The Kier molecular flexibility index (Phi) is 7.25. The summed E-state index contributed by atoms with van der Waals surface area (Å²) in [5, 5.41) is 0. The molecule has 0 bridgehead atoms. The second kappa shape index (κ2) is 7.27. The monoisotopic (exact) mass is 213 g/mol. The molecule has 0 aromatic carbocycles. The second-order valence-electron chi connectivity index (χ2n) is 5.47. The van der Waals surface area contributed by atoms with Crippen molar-refractivity contribution in [2.24, 2.45) is 17.8 Å². The molecular formula is C14H31N. The van der Waals surface area contributed by atoms with E-state index in [0.717, 1.165) is 17.8 Å². The molecule has 0 saturated carbocycles. The fourth-order valence-corrected chi connectivity index (χ4v) is 2.74. The van der Waals surface area contributed by atoms with Crippen LogP contribution in [0.15, 0.2) is 0 Å². The summed E-state index contributed by atoms with van der Waals surface area (Å²) in [5.74, 6) is 2.51. The summed E-state index contributed by atoms with van der Waals surface area (Å²) in [6, 6.07) is 0.683. The van der Waals surface area contributed by atoms with Crippen LogP contribution in [0.25, 0.3) is 0 Å². The fraction of sp³-hybridized carbons (Fsp3) is 1.00. The summed E-state index contributed by atoms with van der Waals surface area (Å²) in [6.07, 6.45) is 1.31. The van der Waals surface area contributed by atoms with Crippen LogP contribution in [-0.2, 0) is 0 Å². The van der Waals surface area contributed by atoms with Gasteiger partial charge in [-0.05, 0) is 38.1 Å². The van der Waals surface area contributed by atoms with E-state index in [1.54, 1.807) is 0 Å². The number of rotatable bonds is 7. The van der Waals surface area contributed by atoms with Crippen molar-refractivity contribution in [2.45, 2.75) is 60.9 Å². The summed E-state index contributed by atoms with van der Waals surface area (Å²) in [6.45, 7) is 18.8. The van der Waals surface area contributed by atoms with Gasteiger partial charge in [0.25, 0.3) is 0 Å². The van der Waals surface area contributed by atoms with Crippen molar-refractivity contribution in [1.82, 2.24) is 4.90 Å². The molecule has 0 saturated heterocycles. The third-order valence-electron chi connectivity index (χ3n) is 3.72. The lowest BCUT2D eigenvalue weighted by Gasteiger charge is -2.33. The first kappa shape index (κ1) is 15.0. The van der Waals surface area contributed by atoms with Gasteiger partial charge in [-0.3, -0.25) is 0 Å². The molecule has 15 heavy (non-hydrogen) atoms. The van der Waals surface area contributed by atoms with Crippen molar-refractivity contribution in [3.63, 3.8) is 0 Å². The molecule has 0 N–H and O–H groups in total. The lowest BCUT2D eigenvalue weighted by Crippen LogP contribution is -2.37. The Morgan fingerprint density at radius 1 is 0.933 bits per heavy atom. The zero-order chi connectivity index (χ0) is 12.0. The Morgan fingerprint density at radius 2 is 1.47 bits per heavy atom. The Bertz CT molecular complexity index is 151. The Hall–Kier alpha value is -0.0400. The van der Waals surface area contributed by atoms with Crippen LogP contribution in [0.5, 0.6) is 0 Å². The molecule has 2 atom stereocenters. The molecule has 0 heterocycles. The molecule has 1 nitrogen and oxygen atoms in total. The molecule has 0 aliphatic carbocycles.